The highest BCUT2D eigenvalue weighted by atomic mass is 32.2. The summed E-state index contributed by atoms with van der Waals surface area (Å²) >= 11 is 1.38. The Balaban J connectivity index is 2.57. The minimum absolute atomic E-state index is 0.250. The van der Waals surface area contributed by atoms with Gasteiger partial charge in [-0.25, -0.2) is 4.79 Å². The van der Waals surface area contributed by atoms with Crippen molar-refractivity contribution in [2.75, 3.05) is 18.2 Å². The number of aliphatic carboxylic acids is 1. The number of carboxylic acids is 1. The molecule has 1 rings (SSSR count). The number of carboxylic acid groups (broad SMARTS) is 1. The molecule has 6 heteroatoms. The summed E-state index contributed by atoms with van der Waals surface area (Å²) in [6.07, 6.45) is -0.582. The molecular formula is C7H10NO4S-. The van der Waals surface area contributed by atoms with Gasteiger partial charge in [0.15, 0.2) is 0 Å². The van der Waals surface area contributed by atoms with Gasteiger partial charge < -0.3 is 14.6 Å². The molecule has 1 saturated heterocycles. The van der Waals surface area contributed by atoms with Gasteiger partial charge in [0.05, 0.1) is 24.5 Å². The van der Waals surface area contributed by atoms with Crippen LogP contribution in [0.4, 0.5) is 4.79 Å². The molecule has 5 nitrogen and oxygen atoms in total. The molecule has 0 bridgehead atoms. The van der Waals surface area contributed by atoms with Crippen LogP contribution in [0.1, 0.15) is 6.92 Å². The number of hydrogen-bond donors (Lipinski definition) is 0. The summed E-state index contributed by atoms with van der Waals surface area (Å²) in [5.74, 6) is -0.489. The lowest BCUT2D eigenvalue weighted by Crippen LogP contribution is -2.48. The lowest BCUT2D eigenvalue weighted by atomic mass is 10.3. The lowest BCUT2D eigenvalue weighted by molar-refractivity contribution is -0.309. The van der Waals surface area contributed by atoms with Gasteiger partial charge in [0.2, 0.25) is 0 Å². The van der Waals surface area contributed by atoms with Crippen LogP contribution in [-0.2, 0) is 9.53 Å². The molecule has 0 aromatic heterocycles. The smallest absolute Gasteiger partial charge is 0.411 e. The highest BCUT2D eigenvalue weighted by Crippen LogP contribution is 2.20. The van der Waals surface area contributed by atoms with Crippen molar-refractivity contribution in [2.24, 2.45) is 0 Å². The molecule has 0 N–H and O–H groups in total. The first kappa shape index (κ1) is 10.2. The van der Waals surface area contributed by atoms with Gasteiger partial charge in [0.25, 0.3) is 0 Å². The first-order valence-electron chi connectivity index (χ1n) is 3.88. The maximum absolute atomic E-state index is 11.2. The van der Waals surface area contributed by atoms with Crippen LogP contribution in [0.25, 0.3) is 0 Å². The predicted molar refractivity (Wildman–Crippen MR) is 45.0 cm³/mol. The van der Waals surface area contributed by atoms with E-state index in [-0.39, 0.29) is 6.61 Å². The average molecular weight is 204 g/mol. The second-order valence-electron chi connectivity index (χ2n) is 2.50. The molecule has 0 aromatic carbocycles. The van der Waals surface area contributed by atoms with Crippen LogP contribution in [0.5, 0.6) is 0 Å². The largest absolute Gasteiger partial charge is 0.548 e. The minimum Gasteiger partial charge on any atom is -0.548 e. The Morgan fingerprint density at radius 1 is 1.69 bits per heavy atom. The second-order valence-corrected chi connectivity index (χ2v) is 3.50. The van der Waals surface area contributed by atoms with Crippen LogP contribution in [0.3, 0.4) is 0 Å². The summed E-state index contributed by atoms with van der Waals surface area (Å²) in [5.41, 5.74) is 0. The van der Waals surface area contributed by atoms with Gasteiger partial charge in [-0.3, -0.25) is 4.90 Å². The van der Waals surface area contributed by atoms with Crippen molar-refractivity contribution in [3.8, 4) is 0 Å². The van der Waals surface area contributed by atoms with Crippen LogP contribution in [-0.4, -0.2) is 41.2 Å². The average Bonchev–Trinajstić information content (AvgIpc) is 2.52. The fourth-order valence-corrected chi connectivity index (χ4v) is 2.15. The van der Waals surface area contributed by atoms with E-state index in [0.717, 1.165) is 0 Å². The molecule has 13 heavy (non-hydrogen) atoms. The summed E-state index contributed by atoms with van der Waals surface area (Å²) in [4.78, 5) is 22.9. The van der Waals surface area contributed by atoms with E-state index in [2.05, 4.69) is 4.74 Å². The van der Waals surface area contributed by atoms with Gasteiger partial charge in [0, 0.05) is 5.75 Å². The third kappa shape index (κ3) is 2.27. The molecule has 0 radical (unpaired) electrons. The number of carbonyl (C=O) groups is 2. The van der Waals surface area contributed by atoms with E-state index in [0.29, 0.717) is 11.6 Å². The molecule has 1 amide bonds. The predicted octanol–water partition coefficient (Wildman–Crippen LogP) is -0.732. The summed E-state index contributed by atoms with van der Waals surface area (Å²) in [5, 5.41) is 10.5. The van der Waals surface area contributed by atoms with Gasteiger partial charge in [-0.2, -0.15) is 0 Å². The zero-order valence-corrected chi connectivity index (χ0v) is 8.00. The Kier molecular flexibility index (Phi) is 3.41. The standard InChI is InChI=1S/C7H11NO4S/c1-2-12-7(11)8-4-13-3-5(8)6(9)10/h5H,2-4H2,1H3,(H,9,10)/p-1. The van der Waals surface area contributed by atoms with Crippen molar-refractivity contribution < 1.29 is 19.4 Å². The molecule has 1 unspecified atom stereocenters. The number of rotatable bonds is 2. The molecule has 1 heterocycles. The zero-order valence-electron chi connectivity index (χ0n) is 7.19. The molecule has 74 valence electrons. The first-order chi connectivity index (χ1) is 6.16. The number of amides is 1. The monoisotopic (exact) mass is 204 g/mol. The number of carbonyl (C=O) groups excluding carboxylic acids is 2. The Morgan fingerprint density at radius 3 is 2.92 bits per heavy atom. The summed E-state index contributed by atoms with van der Waals surface area (Å²) < 4.78 is 4.69. The number of nitrogens with zero attached hydrogens (tertiary/aromatic N) is 1. The molecule has 1 aliphatic heterocycles. The van der Waals surface area contributed by atoms with Crippen molar-refractivity contribution in [3.05, 3.63) is 0 Å². The fourth-order valence-electron chi connectivity index (χ4n) is 1.02. The van der Waals surface area contributed by atoms with E-state index in [4.69, 9.17) is 0 Å². The summed E-state index contributed by atoms with van der Waals surface area (Å²) in [6, 6.07) is -0.843. The molecule has 1 atom stereocenters. The van der Waals surface area contributed by atoms with Crippen LogP contribution < -0.4 is 5.11 Å². The van der Waals surface area contributed by atoms with Gasteiger partial charge >= 0.3 is 6.09 Å². The van der Waals surface area contributed by atoms with Gasteiger partial charge in [-0.05, 0) is 6.92 Å². The third-order valence-corrected chi connectivity index (χ3v) is 2.67. The Hall–Kier alpha value is -0.910. The number of thioether (sulfide) groups is 1. The quantitative estimate of drug-likeness (QED) is 0.593. The Morgan fingerprint density at radius 2 is 2.38 bits per heavy atom. The normalized spacial score (nSPS) is 21.6. The maximum atomic E-state index is 11.2. The molecule has 1 fully saturated rings. The van der Waals surface area contributed by atoms with E-state index < -0.39 is 18.1 Å². The summed E-state index contributed by atoms with van der Waals surface area (Å²) in [6.45, 7) is 1.93. The lowest BCUT2D eigenvalue weighted by Gasteiger charge is -2.23. The molecule has 0 spiro atoms. The highest BCUT2D eigenvalue weighted by Gasteiger charge is 2.30. The van der Waals surface area contributed by atoms with Crippen molar-refractivity contribution in [2.45, 2.75) is 13.0 Å². The van der Waals surface area contributed by atoms with Crippen molar-refractivity contribution in [1.29, 1.82) is 0 Å². The SMILES string of the molecule is CCOC(=O)N1CSCC1C(=O)[O-]. The van der Waals surface area contributed by atoms with Gasteiger partial charge in [-0.1, -0.05) is 0 Å². The van der Waals surface area contributed by atoms with E-state index in [9.17, 15) is 14.7 Å². The van der Waals surface area contributed by atoms with Gasteiger partial charge in [-0.15, -0.1) is 11.8 Å². The maximum Gasteiger partial charge on any atom is 0.411 e. The van der Waals surface area contributed by atoms with Gasteiger partial charge in [0.1, 0.15) is 0 Å². The van der Waals surface area contributed by atoms with E-state index in [1.807, 2.05) is 0 Å². The summed E-state index contributed by atoms with van der Waals surface area (Å²) in [7, 11) is 0. The molecule has 1 aliphatic rings. The topological polar surface area (TPSA) is 69.7 Å². The molecule has 0 aromatic rings. The Labute approximate surface area is 80.0 Å². The van der Waals surface area contributed by atoms with E-state index in [1.54, 1.807) is 6.92 Å². The first-order valence-corrected chi connectivity index (χ1v) is 5.04. The van der Waals surface area contributed by atoms with Crippen molar-refractivity contribution in [3.63, 3.8) is 0 Å². The fraction of sp³-hybridized carbons (Fsp3) is 0.714. The van der Waals surface area contributed by atoms with Crippen LogP contribution in [0.2, 0.25) is 0 Å². The van der Waals surface area contributed by atoms with Crippen LogP contribution in [0, 0.1) is 0 Å². The van der Waals surface area contributed by atoms with E-state index >= 15 is 0 Å². The van der Waals surface area contributed by atoms with E-state index in [1.165, 1.54) is 16.7 Å². The molecule has 0 saturated carbocycles. The minimum atomic E-state index is -1.22. The van der Waals surface area contributed by atoms with Crippen molar-refractivity contribution in [1.82, 2.24) is 4.90 Å². The number of ether oxygens (including phenoxy) is 1. The van der Waals surface area contributed by atoms with Crippen LogP contribution >= 0.6 is 11.8 Å². The van der Waals surface area contributed by atoms with Crippen molar-refractivity contribution >= 4 is 23.8 Å². The Bertz CT molecular complexity index is 221. The molecular weight excluding hydrogens is 194 g/mol. The molecule has 0 aliphatic carbocycles. The number of hydrogen-bond acceptors (Lipinski definition) is 5. The zero-order chi connectivity index (χ0) is 9.84. The third-order valence-electron chi connectivity index (χ3n) is 1.66. The second kappa shape index (κ2) is 4.36. The van der Waals surface area contributed by atoms with Crippen LogP contribution in [0.15, 0.2) is 0 Å². The highest BCUT2D eigenvalue weighted by molar-refractivity contribution is 7.99.